The van der Waals surface area contributed by atoms with Crippen LogP contribution in [-0.2, 0) is 16.6 Å². The molecule has 0 heterocycles. The highest BCUT2D eigenvalue weighted by Gasteiger charge is 2.28. The molecule has 1 aliphatic carbocycles. The Morgan fingerprint density at radius 3 is 2.58 bits per heavy atom. The molecule has 0 unspecified atom stereocenters. The van der Waals surface area contributed by atoms with Crippen molar-refractivity contribution in [1.82, 2.24) is 4.31 Å². The quantitative estimate of drug-likeness (QED) is 0.921. The average Bonchev–Trinajstić information content (AvgIpc) is 2.47. The van der Waals surface area contributed by atoms with E-state index in [0.29, 0.717) is 5.56 Å². The minimum Gasteiger partial charge on any atom is -0.392 e. The fraction of sp³-hybridized carbons (Fsp3) is 0.571. The predicted molar refractivity (Wildman–Crippen MR) is 74.2 cm³/mol. The van der Waals surface area contributed by atoms with Crippen LogP contribution < -0.4 is 0 Å². The molecule has 0 aliphatic heterocycles. The maximum Gasteiger partial charge on any atom is 0.243 e. The van der Waals surface area contributed by atoms with E-state index in [4.69, 9.17) is 5.11 Å². The largest absolute Gasteiger partial charge is 0.392 e. The third kappa shape index (κ3) is 3.16. The molecule has 0 amide bonds. The molecule has 1 aromatic carbocycles. The Bertz CT molecular complexity index is 521. The van der Waals surface area contributed by atoms with Gasteiger partial charge in [0, 0.05) is 13.1 Å². The first-order valence-electron chi connectivity index (χ1n) is 6.73. The van der Waals surface area contributed by atoms with E-state index in [1.54, 1.807) is 31.3 Å². The molecule has 2 rings (SSSR count). The van der Waals surface area contributed by atoms with Crippen LogP contribution in [-0.4, -0.2) is 30.9 Å². The van der Waals surface area contributed by atoms with Crippen molar-refractivity contribution in [1.29, 1.82) is 0 Å². The summed E-state index contributed by atoms with van der Waals surface area (Å²) < 4.78 is 26.6. The van der Waals surface area contributed by atoms with E-state index in [-0.39, 0.29) is 17.5 Å². The van der Waals surface area contributed by atoms with E-state index in [9.17, 15) is 8.42 Å². The topological polar surface area (TPSA) is 57.6 Å². The fourth-order valence-electron chi connectivity index (χ4n) is 2.61. The van der Waals surface area contributed by atoms with Crippen molar-refractivity contribution in [2.24, 2.45) is 0 Å². The summed E-state index contributed by atoms with van der Waals surface area (Å²) in [6.07, 6.45) is 5.28. The van der Waals surface area contributed by atoms with Gasteiger partial charge in [-0.2, -0.15) is 4.31 Å². The van der Waals surface area contributed by atoms with Crippen LogP contribution in [0.2, 0.25) is 0 Å². The van der Waals surface area contributed by atoms with Crippen LogP contribution in [0.4, 0.5) is 0 Å². The zero-order chi connectivity index (χ0) is 13.9. The van der Waals surface area contributed by atoms with Gasteiger partial charge in [0.05, 0.1) is 11.5 Å². The Balaban J connectivity index is 2.24. The summed E-state index contributed by atoms with van der Waals surface area (Å²) in [6, 6.07) is 6.64. The molecule has 1 aromatic rings. The number of sulfonamides is 1. The summed E-state index contributed by atoms with van der Waals surface area (Å²) in [5.41, 5.74) is 0.623. The zero-order valence-electron chi connectivity index (χ0n) is 11.2. The molecule has 1 fully saturated rings. The highest BCUT2D eigenvalue weighted by molar-refractivity contribution is 7.89. The minimum atomic E-state index is -3.45. The van der Waals surface area contributed by atoms with E-state index in [2.05, 4.69) is 0 Å². The molecule has 1 aliphatic rings. The lowest BCUT2D eigenvalue weighted by Gasteiger charge is -2.30. The third-order valence-corrected chi connectivity index (χ3v) is 5.75. The number of hydrogen-bond acceptors (Lipinski definition) is 3. The van der Waals surface area contributed by atoms with E-state index >= 15 is 0 Å². The van der Waals surface area contributed by atoms with E-state index in [0.717, 1.165) is 25.7 Å². The summed E-state index contributed by atoms with van der Waals surface area (Å²) in [5.74, 6) is 0. The molecule has 0 radical (unpaired) electrons. The lowest BCUT2D eigenvalue weighted by molar-refractivity contribution is 0.280. The monoisotopic (exact) mass is 283 g/mol. The van der Waals surface area contributed by atoms with E-state index in [1.807, 2.05) is 0 Å². The van der Waals surface area contributed by atoms with Crippen molar-refractivity contribution in [3.05, 3.63) is 29.8 Å². The van der Waals surface area contributed by atoms with Crippen LogP contribution in [0.25, 0.3) is 0 Å². The predicted octanol–water partition coefficient (Wildman–Crippen LogP) is 2.13. The standard InChI is InChI=1S/C14H21NO3S/c1-15(13-7-3-2-4-8-13)19(17,18)14-9-5-6-12(10-14)11-16/h5-6,9-10,13,16H,2-4,7-8,11H2,1H3. The number of hydrogen-bond donors (Lipinski definition) is 1. The smallest absolute Gasteiger partial charge is 0.243 e. The Kier molecular flexibility index (Phi) is 4.60. The molecule has 1 saturated carbocycles. The molecule has 5 heteroatoms. The van der Waals surface area contributed by atoms with Crippen LogP contribution >= 0.6 is 0 Å². The summed E-state index contributed by atoms with van der Waals surface area (Å²) in [4.78, 5) is 0.270. The Morgan fingerprint density at radius 1 is 1.26 bits per heavy atom. The zero-order valence-corrected chi connectivity index (χ0v) is 12.1. The maximum atomic E-state index is 12.5. The number of aliphatic hydroxyl groups excluding tert-OH is 1. The molecule has 4 nitrogen and oxygen atoms in total. The van der Waals surface area contributed by atoms with E-state index in [1.165, 1.54) is 10.7 Å². The van der Waals surface area contributed by atoms with Gasteiger partial charge in [0.15, 0.2) is 0 Å². The third-order valence-electron chi connectivity index (χ3n) is 3.85. The highest BCUT2D eigenvalue weighted by atomic mass is 32.2. The second-order valence-electron chi connectivity index (χ2n) is 5.12. The van der Waals surface area contributed by atoms with Gasteiger partial charge in [-0.3, -0.25) is 0 Å². The Morgan fingerprint density at radius 2 is 1.95 bits per heavy atom. The normalized spacial score (nSPS) is 17.8. The van der Waals surface area contributed by atoms with Crippen molar-refractivity contribution in [3.63, 3.8) is 0 Å². The van der Waals surface area contributed by atoms with Gasteiger partial charge >= 0.3 is 0 Å². The van der Waals surface area contributed by atoms with Crippen molar-refractivity contribution in [3.8, 4) is 0 Å². The first-order valence-corrected chi connectivity index (χ1v) is 8.17. The number of nitrogens with zero attached hydrogens (tertiary/aromatic N) is 1. The number of aliphatic hydroxyl groups is 1. The first kappa shape index (κ1) is 14.5. The highest BCUT2D eigenvalue weighted by Crippen LogP contribution is 2.26. The molecule has 0 bridgehead atoms. The van der Waals surface area contributed by atoms with Crippen LogP contribution in [0.5, 0.6) is 0 Å². The van der Waals surface area contributed by atoms with Crippen molar-refractivity contribution >= 4 is 10.0 Å². The summed E-state index contributed by atoms with van der Waals surface area (Å²) in [7, 11) is -1.79. The van der Waals surface area contributed by atoms with Gasteiger partial charge < -0.3 is 5.11 Å². The van der Waals surface area contributed by atoms with Crippen LogP contribution in [0, 0.1) is 0 Å². The van der Waals surface area contributed by atoms with Gasteiger partial charge in [0.1, 0.15) is 0 Å². The fourth-order valence-corrected chi connectivity index (χ4v) is 4.10. The SMILES string of the molecule is CN(C1CCCCC1)S(=O)(=O)c1cccc(CO)c1. The van der Waals surface area contributed by atoms with Gasteiger partial charge in [-0.1, -0.05) is 31.4 Å². The molecule has 0 saturated heterocycles. The summed E-state index contributed by atoms with van der Waals surface area (Å²) in [6.45, 7) is -0.142. The molecular formula is C14H21NO3S. The molecule has 19 heavy (non-hydrogen) atoms. The molecule has 0 spiro atoms. The number of benzene rings is 1. The van der Waals surface area contributed by atoms with Gasteiger partial charge in [-0.25, -0.2) is 8.42 Å². The summed E-state index contributed by atoms with van der Waals surface area (Å²) >= 11 is 0. The second-order valence-corrected chi connectivity index (χ2v) is 7.12. The van der Waals surface area contributed by atoms with Crippen molar-refractivity contribution < 1.29 is 13.5 Å². The first-order chi connectivity index (χ1) is 9.05. The maximum absolute atomic E-state index is 12.5. The molecule has 1 N–H and O–H groups in total. The van der Waals surface area contributed by atoms with Gasteiger partial charge in [0.25, 0.3) is 0 Å². The van der Waals surface area contributed by atoms with Crippen LogP contribution in [0.3, 0.4) is 0 Å². The van der Waals surface area contributed by atoms with E-state index < -0.39 is 10.0 Å². The average molecular weight is 283 g/mol. The van der Waals surface area contributed by atoms with Gasteiger partial charge in [-0.15, -0.1) is 0 Å². The van der Waals surface area contributed by atoms with Gasteiger partial charge in [-0.05, 0) is 30.5 Å². The van der Waals surface area contributed by atoms with Gasteiger partial charge in [0.2, 0.25) is 10.0 Å². The Labute approximate surface area is 115 Å². The summed E-state index contributed by atoms with van der Waals surface area (Å²) in [5, 5.41) is 9.11. The minimum absolute atomic E-state index is 0.108. The van der Waals surface area contributed by atoms with Crippen molar-refractivity contribution in [2.45, 2.75) is 49.6 Å². The van der Waals surface area contributed by atoms with Crippen LogP contribution in [0.15, 0.2) is 29.2 Å². The lowest BCUT2D eigenvalue weighted by atomic mass is 9.96. The molecule has 0 aromatic heterocycles. The Hall–Kier alpha value is -0.910. The van der Waals surface area contributed by atoms with Crippen molar-refractivity contribution in [2.75, 3.05) is 7.05 Å². The molecule has 106 valence electrons. The molecule has 0 atom stereocenters. The number of rotatable bonds is 4. The lowest BCUT2D eigenvalue weighted by Crippen LogP contribution is -2.38. The molecular weight excluding hydrogens is 262 g/mol. The second kappa shape index (κ2) is 6.03. The van der Waals surface area contributed by atoms with Crippen LogP contribution in [0.1, 0.15) is 37.7 Å².